The molecule has 0 aromatic carbocycles. The summed E-state index contributed by atoms with van der Waals surface area (Å²) in [6, 6.07) is 0. The molecular formula is C13H24O. The van der Waals surface area contributed by atoms with Gasteiger partial charge in [0.05, 0.1) is 6.10 Å². The second-order valence-corrected chi connectivity index (χ2v) is 2.97. The van der Waals surface area contributed by atoms with Crippen molar-refractivity contribution in [3.8, 4) is 0 Å². The van der Waals surface area contributed by atoms with E-state index in [2.05, 4.69) is 13.2 Å². The zero-order valence-corrected chi connectivity index (χ0v) is 10.0. The van der Waals surface area contributed by atoms with Crippen molar-refractivity contribution >= 4 is 0 Å². The Hall–Kier alpha value is -0.820. The van der Waals surface area contributed by atoms with Crippen LogP contribution in [0, 0.1) is 0 Å². The molecule has 0 spiro atoms. The maximum Gasteiger partial charge on any atom is 0.0578 e. The SMILES string of the molecule is C=C/C=C(/CC(O)CC)C(=C)C.CC. The molecule has 82 valence electrons. The fourth-order valence-corrected chi connectivity index (χ4v) is 0.925. The van der Waals surface area contributed by atoms with Crippen molar-refractivity contribution < 1.29 is 5.11 Å². The van der Waals surface area contributed by atoms with Gasteiger partial charge in [-0.3, -0.25) is 0 Å². The molecule has 0 bridgehead atoms. The summed E-state index contributed by atoms with van der Waals surface area (Å²) < 4.78 is 0. The van der Waals surface area contributed by atoms with Crippen molar-refractivity contribution in [2.24, 2.45) is 0 Å². The normalized spacial score (nSPS) is 12.5. The van der Waals surface area contributed by atoms with E-state index in [4.69, 9.17) is 0 Å². The second-order valence-electron chi connectivity index (χ2n) is 2.97. The van der Waals surface area contributed by atoms with Crippen LogP contribution in [0.5, 0.6) is 0 Å². The van der Waals surface area contributed by atoms with Gasteiger partial charge in [-0.05, 0) is 25.3 Å². The lowest BCUT2D eigenvalue weighted by Crippen LogP contribution is -2.05. The maximum atomic E-state index is 9.39. The Morgan fingerprint density at radius 1 is 1.43 bits per heavy atom. The van der Waals surface area contributed by atoms with Crippen molar-refractivity contribution in [1.29, 1.82) is 0 Å². The van der Waals surface area contributed by atoms with Gasteiger partial charge in [0.2, 0.25) is 0 Å². The average molecular weight is 196 g/mol. The van der Waals surface area contributed by atoms with E-state index in [1.54, 1.807) is 6.08 Å². The molecule has 1 atom stereocenters. The fraction of sp³-hybridized carbons (Fsp3) is 0.538. The summed E-state index contributed by atoms with van der Waals surface area (Å²) in [6.45, 7) is 15.4. The van der Waals surface area contributed by atoms with Gasteiger partial charge in [-0.25, -0.2) is 0 Å². The lowest BCUT2D eigenvalue weighted by Gasteiger charge is -2.10. The number of aliphatic hydroxyl groups excluding tert-OH is 1. The molecule has 0 amide bonds. The molecule has 0 saturated carbocycles. The molecule has 1 unspecified atom stereocenters. The first-order valence-electron chi connectivity index (χ1n) is 5.27. The number of aliphatic hydroxyl groups is 1. The minimum atomic E-state index is -0.257. The molecule has 1 N–H and O–H groups in total. The number of allylic oxidation sites excluding steroid dienone is 3. The van der Waals surface area contributed by atoms with E-state index < -0.39 is 0 Å². The van der Waals surface area contributed by atoms with E-state index in [-0.39, 0.29) is 6.10 Å². The van der Waals surface area contributed by atoms with Crippen molar-refractivity contribution in [2.45, 2.75) is 46.6 Å². The van der Waals surface area contributed by atoms with E-state index in [0.717, 1.165) is 17.6 Å². The monoisotopic (exact) mass is 196 g/mol. The van der Waals surface area contributed by atoms with Gasteiger partial charge < -0.3 is 5.11 Å². The van der Waals surface area contributed by atoms with Gasteiger partial charge in [-0.2, -0.15) is 0 Å². The van der Waals surface area contributed by atoms with E-state index in [1.807, 2.05) is 33.8 Å². The van der Waals surface area contributed by atoms with Crippen LogP contribution in [0.3, 0.4) is 0 Å². The van der Waals surface area contributed by atoms with Gasteiger partial charge in [0, 0.05) is 0 Å². The molecule has 0 heterocycles. The third kappa shape index (κ3) is 7.81. The van der Waals surface area contributed by atoms with Crippen LogP contribution in [-0.4, -0.2) is 11.2 Å². The van der Waals surface area contributed by atoms with Crippen molar-refractivity contribution in [2.75, 3.05) is 0 Å². The molecule has 0 aliphatic heterocycles. The Morgan fingerprint density at radius 3 is 2.21 bits per heavy atom. The summed E-state index contributed by atoms with van der Waals surface area (Å²) >= 11 is 0. The molecule has 0 fully saturated rings. The van der Waals surface area contributed by atoms with Gasteiger partial charge in [0.1, 0.15) is 0 Å². The van der Waals surface area contributed by atoms with Crippen LogP contribution in [0.4, 0.5) is 0 Å². The Morgan fingerprint density at radius 2 is 1.93 bits per heavy atom. The van der Waals surface area contributed by atoms with Crippen LogP contribution in [0.1, 0.15) is 40.5 Å². The highest BCUT2D eigenvalue weighted by Crippen LogP contribution is 2.15. The van der Waals surface area contributed by atoms with Crippen molar-refractivity contribution in [3.63, 3.8) is 0 Å². The molecule has 0 aromatic rings. The van der Waals surface area contributed by atoms with E-state index in [9.17, 15) is 5.11 Å². The lowest BCUT2D eigenvalue weighted by atomic mass is 10.0. The smallest absolute Gasteiger partial charge is 0.0578 e. The van der Waals surface area contributed by atoms with E-state index in [1.165, 1.54) is 0 Å². The molecule has 0 saturated heterocycles. The summed E-state index contributed by atoms with van der Waals surface area (Å²) in [5, 5.41) is 9.39. The molecule has 0 radical (unpaired) electrons. The zero-order chi connectivity index (χ0) is 11.6. The molecule has 14 heavy (non-hydrogen) atoms. The molecule has 0 aromatic heterocycles. The molecule has 0 aliphatic rings. The van der Waals surface area contributed by atoms with Gasteiger partial charge in [0.25, 0.3) is 0 Å². The van der Waals surface area contributed by atoms with Crippen molar-refractivity contribution in [3.05, 3.63) is 36.5 Å². The molecule has 0 aliphatic carbocycles. The fourth-order valence-electron chi connectivity index (χ4n) is 0.925. The standard InChI is InChI=1S/C11H18O.C2H6/c1-5-7-10(9(3)4)8-11(12)6-2;1-2/h5,7,11-12H,1,3,6,8H2,2,4H3;1-2H3/b10-7-;. The first-order chi connectivity index (χ1) is 6.61. The lowest BCUT2D eigenvalue weighted by molar-refractivity contribution is 0.171. The highest BCUT2D eigenvalue weighted by Gasteiger charge is 2.04. The third-order valence-electron chi connectivity index (χ3n) is 1.79. The van der Waals surface area contributed by atoms with Crippen LogP contribution in [-0.2, 0) is 0 Å². The molecule has 1 heteroatoms. The Balaban J connectivity index is 0. The topological polar surface area (TPSA) is 20.2 Å². The highest BCUT2D eigenvalue weighted by molar-refractivity contribution is 5.29. The maximum absolute atomic E-state index is 9.39. The second kappa shape index (κ2) is 10.3. The summed E-state index contributed by atoms with van der Waals surface area (Å²) in [6.07, 6.45) is 4.83. The first-order valence-corrected chi connectivity index (χ1v) is 5.27. The van der Waals surface area contributed by atoms with Crippen LogP contribution in [0.25, 0.3) is 0 Å². The Kier molecular flexibility index (Phi) is 11.5. The van der Waals surface area contributed by atoms with Crippen molar-refractivity contribution in [1.82, 2.24) is 0 Å². The van der Waals surface area contributed by atoms with Gasteiger partial charge >= 0.3 is 0 Å². The first kappa shape index (κ1) is 15.6. The minimum Gasteiger partial charge on any atom is -0.393 e. The molecule has 0 rings (SSSR count). The molecular weight excluding hydrogens is 172 g/mol. The number of hydrogen-bond donors (Lipinski definition) is 1. The van der Waals surface area contributed by atoms with Gasteiger partial charge in [-0.15, -0.1) is 0 Å². The number of hydrogen-bond acceptors (Lipinski definition) is 1. The van der Waals surface area contributed by atoms with Crippen LogP contribution in [0.15, 0.2) is 36.5 Å². The van der Waals surface area contributed by atoms with Crippen LogP contribution >= 0.6 is 0 Å². The van der Waals surface area contributed by atoms with Gasteiger partial charge in [-0.1, -0.05) is 51.7 Å². The predicted octanol–water partition coefficient (Wildman–Crippen LogP) is 3.86. The summed E-state index contributed by atoms with van der Waals surface area (Å²) in [7, 11) is 0. The summed E-state index contributed by atoms with van der Waals surface area (Å²) in [5.41, 5.74) is 2.08. The quantitative estimate of drug-likeness (QED) is 0.662. The Bertz CT molecular complexity index is 189. The van der Waals surface area contributed by atoms with Gasteiger partial charge in [0.15, 0.2) is 0 Å². The number of rotatable bonds is 5. The Labute approximate surface area is 88.8 Å². The third-order valence-corrected chi connectivity index (χ3v) is 1.79. The minimum absolute atomic E-state index is 0.257. The van der Waals surface area contributed by atoms with Crippen LogP contribution in [0.2, 0.25) is 0 Å². The van der Waals surface area contributed by atoms with E-state index >= 15 is 0 Å². The summed E-state index contributed by atoms with van der Waals surface area (Å²) in [5.74, 6) is 0. The largest absolute Gasteiger partial charge is 0.393 e. The summed E-state index contributed by atoms with van der Waals surface area (Å²) in [4.78, 5) is 0. The predicted molar refractivity (Wildman–Crippen MR) is 65.4 cm³/mol. The van der Waals surface area contributed by atoms with Crippen LogP contribution < -0.4 is 0 Å². The zero-order valence-electron chi connectivity index (χ0n) is 10.0. The average Bonchev–Trinajstić information content (AvgIpc) is 2.19. The van der Waals surface area contributed by atoms with E-state index in [0.29, 0.717) is 6.42 Å². The molecule has 1 nitrogen and oxygen atoms in total. The highest BCUT2D eigenvalue weighted by atomic mass is 16.3.